The van der Waals surface area contributed by atoms with E-state index in [1.165, 1.54) is 16.0 Å². The van der Waals surface area contributed by atoms with Crippen molar-refractivity contribution in [2.24, 2.45) is 0 Å². The zero-order valence-corrected chi connectivity index (χ0v) is 13.3. The van der Waals surface area contributed by atoms with Crippen LogP contribution in [0, 0.1) is 0 Å². The van der Waals surface area contributed by atoms with Gasteiger partial charge in [0.1, 0.15) is 5.75 Å². The topological polar surface area (TPSA) is 30.5 Å². The van der Waals surface area contributed by atoms with E-state index < -0.39 is 0 Å². The van der Waals surface area contributed by atoms with E-state index in [1.807, 2.05) is 7.05 Å². The minimum Gasteiger partial charge on any atom is -0.496 e. The Morgan fingerprint density at radius 3 is 3.05 bits per heavy atom. The Morgan fingerprint density at radius 1 is 1.43 bits per heavy atom. The Bertz CT molecular complexity index is 596. The van der Waals surface area contributed by atoms with E-state index in [1.54, 1.807) is 18.4 Å². The average molecular weight is 303 g/mol. The summed E-state index contributed by atoms with van der Waals surface area (Å²) in [4.78, 5) is 1.29. The van der Waals surface area contributed by atoms with Crippen molar-refractivity contribution in [2.45, 2.75) is 25.0 Å². The summed E-state index contributed by atoms with van der Waals surface area (Å²) in [7, 11) is 3.71. The first-order chi connectivity index (χ1) is 10.3. The Labute approximate surface area is 129 Å². The maximum absolute atomic E-state index is 6.02. The maximum atomic E-state index is 6.02. The molecule has 1 aliphatic rings. The molecule has 0 saturated heterocycles. The Balaban J connectivity index is 1.78. The van der Waals surface area contributed by atoms with Crippen molar-refractivity contribution in [1.82, 2.24) is 5.32 Å². The summed E-state index contributed by atoms with van der Waals surface area (Å²) in [5.74, 6) is 0.931. The van der Waals surface area contributed by atoms with E-state index in [0.717, 1.165) is 25.2 Å². The summed E-state index contributed by atoms with van der Waals surface area (Å²) in [6.45, 7) is 0.811. The number of thiophene rings is 1. The third kappa shape index (κ3) is 3.12. The molecule has 2 unspecified atom stereocenters. The normalized spacial score (nSPS) is 19.0. The molecule has 0 saturated carbocycles. The van der Waals surface area contributed by atoms with E-state index in [9.17, 15) is 0 Å². The first kappa shape index (κ1) is 14.6. The van der Waals surface area contributed by atoms with E-state index in [4.69, 9.17) is 9.47 Å². The molecule has 3 nitrogen and oxygen atoms in total. The molecule has 0 aliphatic carbocycles. The fraction of sp³-hybridized carbons (Fsp3) is 0.412. The number of benzene rings is 1. The zero-order valence-electron chi connectivity index (χ0n) is 12.5. The molecule has 1 aromatic carbocycles. The summed E-state index contributed by atoms with van der Waals surface area (Å²) in [6, 6.07) is 11.0. The van der Waals surface area contributed by atoms with Crippen molar-refractivity contribution in [3.8, 4) is 5.75 Å². The van der Waals surface area contributed by atoms with Crippen LogP contribution in [0.5, 0.6) is 5.75 Å². The highest BCUT2D eigenvalue weighted by molar-refractivity contribution is 7.10. The predicted octanol–water partition coefficient (Wildman–Crippen LogP) is 3.72. The molecule has 2 atom stereocenters. The first-order valence-corrected chi connectivity index (χ1v) is 8.19. The van der Waals surface area contributed by atoms with Gasteiger partial charge in [-0.15, -0.1) is 11.3 Å². The number of hydrogen-bond donors (Lipinski definition) is 1. The largest absolute Gasteiger partial charge is 0.496 e. The van der Waals surface area contributed by atoms with Crippen molar-refractivity contribution in [1.29, 1.82) is 0 Å². The molecule has 0 bridgehead atoms. The van der Waals surface area contributed by atoms with Crippen molar-refractivity contribution in [2.75, 3.05) is 20.8 Å². The lowest BCUT2D eigenvalue weighted by molar-refractivity contribution is 0.0301. The molecule has 2 heterocycles. The van der Waals surface area contributed by atoms with Gasteiger partial charge in [-0.1, -0.05) is 24.3 Å². The Hall–Kier alpha value is -1.36. The van der Waals surface area contributed by atoms with Crippen molar-refractivity contribution in [3.05, 3.63) is 51.7 Å². The van der Waals surface area contributed by atoms with E-state index in [2.05, 4.69) is 41.0 Å². The first-order valence-electron chi connectivity index (χ1n) is 7.31. The van der Waals surface area contributed by atoms with Crippen LogP contribution in [-0.4, -0.2) is 20.8 Å². The fourth-order valence-corrected chi connectivity index (χ4v) is 3.87. The summed E-state index contributed by atoms with van der Waals surface area (Å²) in [5.41, 5.74) is 2.76. The molecule has 112 valence electrons. The van der Waals surface area contributed by atoms with Crippen molar-refractivity contribution in [3.63, 3.8) is 0 Å². The molecule has 2 aromatic rings. The smallest absolute Gasteiger partial charge is 0.129 e. The number of hydrogen-bond acceptors (Lipinski definition) is 4. The van der Waals surface area contributed by atoms with Gasteiger partial charge >= 0.3 is 0 Å². The number of methoxy groups -OCH3 is 1. The van der Waals surface area contributed by atoms with E-state index >= 15 is 0 Å². The van der Waals surface area contributed by atoms with Gasteiger partial charge in [0.05, 0.1) is 19.8 Å². The highest BCUT2D eigenvalue weighted by Gasteiger charge is 2.25. The summed E-state index contributed by atoms with van der Waals surface area (Å²) in [5, 5.41) is 5.46. The summed E-state index contributed by atoms with van der Waals surface area (Å²) < 4.78 is 11.3. The lowest BCUT2D eigenvalue weighted by atomic mass is 9.93. The van der Waals surface area contributed by atoms with Gasteiger partial charge in [-0.05, 0) is 37.1 Å². The number of ether oxygens (including phenoxy) is 2. The third-order valence-corrected chi connectivity index (χ3v) is 5.09. The number of rotatable bonds is 5. The van der Waals surface area contributed by atoms with Gasteiger partial charge in [-0.25, -0.2) is 0 Å². The van der Waals surface area contributed by atoms with Crippen LogP contribution >= 0.6 is 11.3 Å². The van der Waals surface area contributed by atoms with Crippen molar-refractivity contribution < 1.29 is 9.47 Å². The van der Waals surface area contributed by atoms with Gasteiger partial charge in [0, 0.05) is 16.3 Å². The van der Waals surface area contributed by atoms with Gasteiger partial charge in [0.15, 0.2) is 0 Å². The Morgan fingerprint density at radius 2 is 2.29 bits per heavy atom. The minimum atomic E-state index is 0.167. The second-order valence-electron chi connectivity index (χ2n) is 5.27. The lowest BCUT2D eigenvalue weighted by Gasteiger charge is -2.29. The van der Waals surface area contributed by atoms with Gasteiger partial charge in [-0.2, -0.15) is 0 Å². The van der Waals surface area contributed by atoms with Crippen LogP contribution in [-0.2, 0) is 11.2 Å². The molecule has 4 heteroatoms. The SMILES string of the molecule is CNC(CC1OCCc2ccccc21)c1cc(OC)cs1. The molecular weight excluding hydrogens is 282 g/mol. The van der Waals surface area contributed by atoms with Crippen LogP contribution in [0.4, 0.5) is 0 Å². The van der Waals surface area contributed by atoms with Crippen molar-refractivity contribution >= 4 is 11.3 Å². The molecule has 0 amide bonds. The molecule has 1 aromatic heterocycles. The van der Waals surface area contributed by atoms with Gasteiger partial charge in [0.2, 0.25) is 0 Å². The quantitative estimate of drug-likeness (QED) is 0.913. The van der Waals surface area contributed by atoms with Gasteiger partial charge in [0.25, 0.3) is 0 Å². The fourth-order valence-electron chi connectivity index (χ4n) is 2.89. The maximum Gasteiger partial charge on any atom is 0.129 e. The van der Waals surface area contributed by atoms with Crippen LogP contribution in [0.15, 0.2) is 35.7 Å². The zero-order chi connectivity index (χ0) is 14.7. The number of nitrogens with one attached hydrogen (secondary N) is 1. The average Bonchev–Trinajstić information content (AvgIpc) is 3.01. The van der Waals surface area contributed by atoms with E-state index in [-0.39, 0.29) is 12.1 Å². The molecule has 0 radical (unpaired) electrons. The monoisotopic (exact) mass is 303 g/mol. The molecule has 0 fully saturated rings. The minimum absolute atomic E-state index is 0.167. The molecule has 21 heavy (non-hydrogen) atoms. The predicted molar refractivity (Wildman–Crippen MR) is 86.1 cm³/mol. The summed E-state index contributed by atoms with van der Waals surface area (Å²) >= 11 is 1.73. The number of fused-ring (bicyclic) bond motifs is 1. The van der Waals surface area contributed by atoms with Gasteiger partial charge in [-0.3, -0.25) is 0 Å². The standard InChI is InChI=1S/C17H21NO2S/c1-18-15(17-9-13(19-2)11-21-17)10-16-14-6-4-3-5-12(14)7-8-20-16/h3-6,9,11,15-16,18H,7-8,10H2,1-2H3. The third-order valence-electron chi connectivity index (χ3n) is 4.07. The highest BCUT2D eigenvalue weighted by atomic mass is 32.1. The van der Waals surface area contributed by atoms with Crippen LogP contribution in [0.3, 0.4) is 0 Å². The van der Waals surface area contributed by atoms with E-state index in [0.29, 0.717) is 0 Å². The van der Waals surface area contributed by atoms with Crippen LogP contribution in [0.2, 0.25) is 0 Å². The summed E-state index contributed by atoms with van der Waals surface area (Å²) in [6.07, 6.45) is 2.13. The van der Waals surface area contributed by atoms with Crippen LogP contribution in [0.1, 0.15) is 34.6 Å². The molecule has 3 rings (SSSR count). The van der Waals surface area contributed by atoms with Crippen LogP contribution in [0.25, 0.3) is 0 Å². The second-order valence-corrected chi connectivity index (χ2v) is 6.22. The Kier molecular flexibility index (Phi) is 4.58. The second kappa shape index (κ2) is 6.60. The van der Waals surface area contributed by atoms with Gasteiger partial charge < -0.3 is 14.8 Å². The molecular formula is C17H21NO2S. The highest BCUT2D eigenvalue weighted by Crippen LogP contribution is 2.36. The van der Waals surface area contributed by atoms with Crippen LogP contribution < -0.4 is 10.1 Å². The molecule has 0 spiro atoms. The molecule has 1 aliphatic heterocycles. The lowest BCUT2D eigenvalue weighted by Crippen LogP contribution is -2.23. The molecule has 1 N–H and O–H groups in total.